The van der Waals surface area contributed by atoms with Gasteiger partial charge >= 0.3 is 5.97 Å². The number of hydrogen-bond donors (Lipinski definition) is 2. The Morgan fingerprint density at radius 1 is 1.31 bits per heavy atom. The Morgan fingerprint density at radius 2 is 2.10 bits per heavy atom. The summed E-state index contributed by atoms with van der Waals surface area (Å²) < 4.78 is 20.7. The number of esters is 1. The molecule has 0 amide bonds. The number of carbonyl (C=O) groups is 1. The van der Waals surface area contributed by atoms with Crippen molar-refractivity contribution in [1.82, 2.24) is 9.55 Å². The van der Waals surface area contributed by atoms with E-state index in [-0.39, 0.29) is 29.1 Å². The summed E-state index contributed by atoms with van der Waals surface area (Å²) in [6, 6.07) is 4.76. The quantitative estimate of drug-likeness (QED) is 0.498. The van der Waals surface area contributed by atoms with Crippen molar-refractivity contribution >= 4 is 16.9 Å². The van der Waals surface area contributed by atoms with E-state index in [0.717, 1.165) is 16.5 Å². The number of aliphatic hydroxyl groups excluding tert-OH is 1. The number of halogens is 1. The van der Waals surface area contributed by atoms with Gasteiger partial charge in [0.25, 0.3) is 5.56 Å². The molecule has 4 heterocycles. The number of carbonyl (C=O) groups excluding carboxylic acids is 1. The predicted octanol–water partition coefficient (Wildman–Crippen LogP) is 1.46. The van der Waals surface area contributed by atoms with Crippen LogP contribution in [0.4, 0.5) is 4.39 Å². The van der Waals surface area contributed by atoms with Crippen molar-refractivity contribution < 1.29 is 19.0 Å². The highest BCUT2D eigenvalue weighted by atomic mass is 19.1. The van der Waals surface area contributed by atoms with Gasteiger partial charge < -0.3 is 20.1 Å². The zero-order chi connectivity index (χ0) is 20.4. The third-order valence-electron chi connectivity index (χ3n) is 5.75. The number of benzene rings is 1. The van der Waals surface area contributed by atoms with Gasteiger partial charge in [-0.15, -0.1) is 0 Å². The van der Waals surface area contributed by atoms with E-state index in [2.05, 4.69) is 4.98 Å². The first kappa shape index (κ1) is 18.0. The number of rotatable bonds is 2. The highest BCUT2D eigenvalue weighted by Gasteiger charge is 2.34. The third kappa shape index (κ3) is 2.46. The van der Waals surface area contributed by atoms with E-state index in [4.69, 9.17) is 10.5 Å². The van der Waals surface area contributed by atoms with Crippen LogP contribution in [-0.4, -0.2) is 27.2 Å². The number of aryl methyl sites for hydroxylation is 1. The molecule has 0 saturated heterocycles. The van der Waals surface area contributed by atoms with Crippen LogP contribution in [0, 0.1) is 12.7 Å². The fourth-order valence-corrected chi connectivity index (χ4v) is 4.27. The van der Waals surface area contributed by atoms with Crippen molar-refractivity contribution in [2.75, 3.05) is 6.54 Å². The molecule has 0 spiro atoms. The van der Waals surface area contributed by atoms with E-state index >= 15 is 0 Å². The van der Waals surface area contributed by atoms with E-state index in [1.165, 1.54) is 6.07 Å². The van der Waals surface area contributed by atoms with Crippen LogP contribution >= 0.6 is 0 Å². The smallest absolute Gasteiger partial charge is 0.340 e. The zero-order valence-electron chi connectivity index (χ0n) is 15.7. The molecule has 0 saturated carbocycles. The summed E-state index contributed by atoms with van der Waals surface area (Å²) in [6.07, 6.45) is -0.954. The van der Waals surface area contributed by atoms with Gasteiger partial charge in [-0.05, 0) is 43.1 Å². The molecule has 148 valence electrons. The van der Waals surface area contributed by atoms with Gasteiger partial charge in [-0.1, -0.05) is 0 Å². The van der Waals surface area contributed by atoms with Crippen molar-refractivity contribution in [3.8, 4) is 11.4 Å². The number of nitrogens with two attached hydrogens (primary N) is 1. The van der Waals surface area contributed by atoms with Crippen molar-refractivity contribution in [1.29, 1.82) is 0 Å². The number of hydrogen-bond acceptors (Lipinski definition) is 6. The lowest BCUT2D eigenvalue weighted by Gasteiger charge is -2.21. The van der Waals surface area contributed by atoms with E-state index in [1.54, 1.807) is 23.6 Å². The molecule has 29 heavy (non-hydrogen) atoms. The van der Waals surface area contributed by atoms with Gasteiger partial charge in [-0.25, -0.2) is 14.2 Å². The summed E-state index contributed by atoms with van der Waals surface area (Å²) in [5, 5.41) is 11.0. The highest BCUT2D eigenvalue weighted by Crippen LogP contribution is 2.38. The summed E-state index contributed by atoms with van der Waals surface area (Å²) in [5.41, 5.74) is 9.84. The van der Waals surface area contributed by atoms with Gasteiger partial charge in [0.05, 0.1) is 29.0 Å². The Balaban J connectivity index is 1.83. The fourth-order valence-electron chi connectivity index (χ4n) is 4.27. The third-order valence-corrected chi connectivity index (χ3v) is 5.75. The van der Waals surface area contributed by atoms with Crippen LogP contribution < -0.4 is 11.3 Å². The summed E-state index contributed by atoms with van der Waals surface area (Å²) in [6.45, 7) is 2.22. The van der Waals surface area contributed by atoms with Crippen LogP contribution in [0.3, 0.4) is 0 Å². The normalized spacial score (nSPS) is 17.1. The number of aliphatic hydroxyl groups is 1. The lowest BCUT2D eigenvalue weighted by Crippen LogP contribution is -2.32. The molecule has 0 unspecified atom stereocenters. The largest absolute Gasteiger partial charge is 0.458 e. The number of cyclic esters (lactones) is 1. The van der Waals surface area contributed by atoms with Crippen molar-refractivity contribution in [3.63, 3.8) is 0 Å². The molecule has 1 atom stereocenters. The zero-order valence-corrected chi connectivity index (χ0v) is 15.7. The summed E-state index contributed by atoms with van der Waals surface area (Å²) in [4.78, 5) is 29.4. The van der Waals surface area contributed by atoms with Gasteiger partial charge in [0.15, 0.2) is 6.10 Å². The highest BCUT2D eigenvalue weighted by molar-refractivity contribution is 5.89. The minimum absolute atomic E-state index is 0.170. The van der Waals surface area contributed by atoms with Crippen LogP contribution in [0.1, 0.15) is 33.9 Å². The summed E-state index contributed by atoms with van der Waals surface area (Å²) in [5.74, 6) is -1.14. The van der Waals surface area contributed by atoms with Crippen molar-refractivity contribution in [2.45, 2.75) is 32.6 Å². The molecule has 0 radical (unpaired) electrons. The number of ether oxygens (including phenoxy) is 1. The standard InChI is InChI=1S/C21H18FN3O4/c1-9-4-11-10(2-3-23)13-7-25-17(18(13)24-16(11)6-15(9)22)5-12-14(20(25)27)8-29-21(28)19(12)26/h4-6,19,26H,2-3,7-8,23H2,1H3/t19-/m0/s1. The first-order valence-corrected chi connectivity index (χ1v) is 9.34. The molecule has 0 aliphatic carbocycles. The Kier molecular flexibility index (Phi) is 3.84. The monoisotopic (exact) mass is 395 g/mol. The molecule has 3 aromatic rings. The molecule has 2 aliphatic heterocycles. The molecule has 0 fully saturated rings. The number of fused-ring (bicyclic) bond motifs is 5. The minimum atomic E-state index is -1.51. The molecule has 8 heteroatoms. The van der Waals surface area contributed by atoms with E-state index in [9.17, 15) is 19.1 Å². The van der Waals surface area contributed by atoms with Crippen molar-refractivity contribution in [3.05, 3.63) is 62.2 Å². The summed E-state index contributed by atoms with van der Waals surface area (Å²) in [7, 11) is 0. The van der Waals surface area contributed by atoms with Gasteiger partial charge in [-0.2, -0.15) is 0 Å². The predicted molar refractivity (Wildman–Crippen MR) is 103 cm³/mol. The first-order chi connectivity index (χ1) is 13.9. The lowest BCUT2D eigenvalue weighted by atomic mass is 9.96. The minimum Gasteiger partial charge on any atom is -0.458 e. The maximum Gasteiger partial charge on any atom is 0.340 e. The Morgan fingerprint density at radius 3 is 2.86 bits per heavy atom. The fraction of sp³-hybridized carbons (Fsp3) is 0.286. The van der Waals surface area contributed by atoms with Crippen LogP contribution in [-0.2, 0) is 29.1 Å². The lowest BCUT2D eigenvalue weighted by molar-refractivity contribution is -0.157. The number of pyridine rings is 2. The average molecular weight is 395 g/mol. The number of nitrogens with zero attached hydrogens (tertiary/aromatic N) is 2. The maximum atomic E-state index is 14.2. The van der Waals surface area contributed by atoms with E-state index < -0.39 is 12.1 Å². The van der Waals surface area contributed by atoms with Crippen LogP contribution in [0.2, 0.25) is 0 Å². The molecule has 2 aliphatic rings. The second kappa shape index (κ2) is 6.20. The molecular formula is C21H18FN3O4. The van der Waals surface area contributed by atoms with Gasteiger partial charge in [0, 0.05) is 22.6 Å². The Labute approximate surface area is 164 Å². The van der Waals surface area contributed by atoms with Crippen LogP contribution in [0.15, 0.2) is 23.0 Å². The average Bonchev–Trinajstić information content (AvgIpc) is 3.05. The SMILES string of the molecule is Cc1cc2c(CCN)c3c(nc2cc1F)-c1cc2c(c(=O)n1C3)COC(=O)[C@H]2O. The van der Waals surface area contributed by atoms with Gasteiger partial charge in [0.2, 0.25) is 0 Å². The molecule has 0 bridgehead atoms. The second-order valence-corrected chi connectivity index (χ2v) is 7.44. The van der Waals surface area contributed by atoms with Crippen LogP contribution in [0.25, 0.3) is 22.3 Å². The molecular weight excluding hydrogens is 377 g/mol. The van der Waals surface area contributed by atoms with Crippen molar-refractivity contribution in [2.24, 2.45) is 5.73 Å². The first-order valence-electron chi connectivity index (χ1n) is 9.34. The van der Waals surface area contributed by atoms with Gasteiger partial charge in [0.1, 0.15) is 12.4 Å². The van der Waals surface area contributed by atoms with E-state index in [0.29, 0.717) is 42.0 Å². The maximum absolute atomic E-state index is 14.2. The number of aromatic nitrogens is 2. The molecule has 3 N–H and O–H groups in total. The van der Waals surface area contributed by atoms with E-state index in [1.807, 2.05) is 0 Å². The molecule has 2 aromatic heterocycles. The molecule has 7 nitrogen and oxygen atoms in total. The molecule has 5 rings (SSSR count). The Hall–Kier alpha value is -3.10. The summed E-state index contributed by atoms with van der Waals surface area (Å²) >= 11 is 0. The van der Waals surface area contributed by atoms with Crippen LogP contribution in [0.5, 0.6) is 0 Å². The molecule has 1 aromatic carbocycles. The van der Waals surface area contributed by atoms with Gasteiger partial charge in [-0.3, -0.25) is 4.79 Å². The Bertz CT molecular complexity index is 1280. The topological polar surface area (TPSA) is 107 Å². The second-order valence-electron chi connectivity index (χ2n) is 7.44.